The van der Waals surface area contributed by atoms with Crippen LogP contribution in [0.5, 0.6) is 5.75 Å². The van der Waals surface area contributed by atoms with Crippen LogP contribution >= 0.6 is 11.3 Å². The van der Waals surface area contributed by atoms with Crippen LogP contribution in [-0.4, -0.2) is 29.1 Å². The van der Waals surface area contributed by atoms with Gasteiger partial charge in [0.15, 0.2) is 5.82 Å². The summed E-state index contributed by atoms with van der Waals surface area (Å²) >= 11 is 1.30. The monoisotopic (exact) mass is 434 g/mol. The van der Waals surface area contributed by atoms with E-state index in [1.807, 2.05) is 55.5 Å². The minimum absolute atomic E-state index is 0.158. The lowest BCUT2D eigenvalue weighted by atomic mass is 10.1. The van der Waals surface area contributed by atoms with Gasteiger partial charge in [-0.05, 0) is 36.2 Å². The van der Waals surface area contributed by atoms with E-state index in [-0.39, 0.29) is 18.2 Å². The first-order chi connectivity index (χ1) is 15.0. The van der Waals surface area contributed by atoms with E-state index >= 15 is 0 Å². The predicted octanol–water partition coefficient (Wildman–Crippen LogP) is 4.05. The highest BCUT2D eigenvalue weighted by Gasteiger charge is 2.16. The molecule has 8 heteroatoms. The Morgan fingerprint density at radius 1 is 1.10 bits per heavy atom. The summed E-state index contributed by atoms with van der Waals surface area (Å²) in [5, 5.41) is 13.5. The number of aromatic amines is 1. The maximum Gasteiger partial charge on any atom is 0.261 e. The van der Waals surface area contributed by atoms with Crippen molar-refractivity contribution in [2.45, 2.75) is 19.9 Å². The molecule has 0 fully saturated rings. The van der Waals surface area contributed by atoms with Gasteiger partial charge < -0.3 is 15.4 Å². The molecule has 0 saturated heterocycles. The van der Waals surface area contributed by atoms with Gasteiger partial charge in [0.25, 0.3) is 5.91 Å². The van der Waals surface area contributed by atoms with Crippen molar-refractivity contribution in [2.24, 2.45) is 0 Å². The first-order valence-electron chi connectivity index (χ1n) is 9.76. The Bertz CT molecular complexity index is 1240. The molecule has 2 aromatic heterocycles. The molecular formula is C23H22N4O3S. The fraction of sp³-hybridized carbons (Fsp3) is 0.174. The van der Waals surface area contributed by atoms with E-state index in [1.165, 1.54) is 11.3 Å². The van der Waals surface area contributed by atoms with Crippen molar-refractivity contribution in [2.75, 3.05) is 12.4 Å². The number of rotatable bonds is 7. The third kappa shape index (κ3) is 4.92. The number of H-pyrrole nitrogens is 1. The van der Waals surface area contributed by atoms with Crippen LogP contribution < -0.4 is 15.4 Å². The van der Waals surface area contributed by atoms with E-state index in [4.69, 9.17) is 4.74 Å². The highest BCUT2D eigenvalue weighted by Crippen LogP contribution is 2.29. The number of anilines is 1. The van der Waals surface area contributed by atoms with Gasteiger partial charge in [0.1, 0.15) is 10.6 Å². The molecule has 0 saturated carbocycles. The van der Waals surface area contributed by atoms with E-state index in [0.29, 0.717) is 22.6 Å². The highest BCUT2D eigenvalue weighted by atomic mass is 32.1. The summed E-state index contributed by atoms with van der Waals surface area (Å²) in [6.45, 7) is 2.38. The largest absolute Gasteiger partial charge is 0.497 e. The Balaban J connectivity index is 1.41. The molecule has 0 aliphatic carbocycles. The standard InChI is InChI=1S/C23H22N4O3S/c1-14-5-3-6-15(9-14)11-20(28)25-21-18-12-19(31-23(18)27-26-21)22(29)24-13-16-7-4-8-17(10-16)30-2/h3-10,12H,11,13H2,1-2H3,(H,24,29)(H2,25,26,27,28). The molecule has 4 aromatic rings. The number of methoxy groups -OCH3 is 1. The normalized spacial score (nSPS) is 10.8. The highest BCUT2D eigenvalue weighted by molar-refractivity contribution is 7.20. The van der Waals surface area contributed by atoms with Crippen molar-refractivity contribution in [1.82, 2.24) is 15.5 Å². The number of amides is 2. The summed E-state index contributed by atoms with van der Waals surface area (Å²) in [4.78, 5) is 26.3. The van der Waals surface area contributed by atoms with Gasteiger partial charge in [0.05, 0.1) is 23.8 Å². The third-order valence-corrected chi connectivity index (χ3v) is 5.81. The van der Waals surface area contributed by atoms with E-state index in [1.54, 1.807) is 13.2 Å². The smallest absolute Gasteiger partial charge is 0.261 e. The van der Waals surface area contributed by atoms with E-state index < -0.39 is 0 Å². The molecule has 31 heavy (non-hydrogen) atoms. The molecule has 0 atom stereocenters. The van der Waals surface area contributed by atoms with Gasteiger partial charge in [-0.3, -0.25) is 14.7 Å². The molecule has 3 N–H and O–H groups in total. The van der Waals surface area contributed by atoms with E-state index in [2.05, 4.69) is 20.8 Å². The summed E-state index contributed by atoms with van der Waals surface area (Å²) < 4.78 is 5.21. The molecule has 158 valence electrons. The minimum Gasteiger partial charge on any atom is -0.497 e. The third-order valence-electron chi connectivity index (χ3n) is 4.77. The Morgan fingerprint density at radius 2 is 1.90 bits per heavy atom. The molecular weight excluding hydrogens is 412 g/mol. The molecule has 2 heterocycles. The Morgan fingerprint density at radius 3 is 2.71 bits per heavy atom. The average molecular weight is 435 g/mol. The molecule has 2 aromatic carbocycles. The topological polar surface area (TPSA) is 96.1 Å². The first kappa shape index (κ1) is 20.6. The number of hydrogen-bond acceptors (Lipinski definition) is 5. The number of aryl methyl sites for hydroxylation is 1. The maximum absolute atomic E-state index is 12.6. The first-order valence-corrected chi connectivity index (χ1v) is 10.6. The van der Waals surface area contributed by atoms with Crippen LogP contribution in [0.4, 0.5) is 5.82 Å². The van der Waals surface area contributed by atoms with E-state index in [0.717, 1.165) is 27.3 Å². The molecule has 0 aliphatic heterocycles. The number of ether oxygens (including phenoxy) is 1. The van der Waals surface area contributed by atoms with Gasteiger partial charge >= 0.3 is 0 Å². The SMILES string of the molecule is COc1cccc(CNC(=O)c2cc3c(NC(=O)Cc4cccc(C)c4)n[nH]c3s2)c1. The lowest BCUT2D eigenvalue weighted by Crippen LogP contribution is -2.21. The lowest BCUT2D eigenvalue weighted by Gasteiger charge is -2.06. The lowest BCUT2D eigenvalue weighted by molar-refractivity contribution is -0.115. The average Bonchev–Trinajstić information content (AvgIpc) is 3.34. The molecule has 2 amide bonds. The van der Waals surface area contributed by atoms with Gasteiger partial charge in [0.2, 0.25) is 5.91 Å². The van der Waals surface area contributed by atoms with Crippen molar-refractivity contribution in [1.29, 1.82) is 0 Å². The van der Waals surface area contributed by atoms with Crippen molar-refractivity contribution in [3.05, 3.63) is 76.2 Å². The van der Waals surface area contributed by atoms with Crippen LogP contribution in [0.3, 0.4) is 0 Å². The maximum atomic E-state index is 12.6. The summed E-state index contributed by atoms with van der Waals surface area (Å²) in [6, 6.07) is 17.1. The second kappa shape index (κ2) is 9.01. The number of carbonyl (C=O) groups is 2. The van der Waals surface area contributed by atoms with Crippen LogP contribution in [0.15, 0.2) is 54.6 Å². The summed E-state index contributed by atoms with van der Waals surface area (Å²) in [6.07, 6.45) is 0.258. The quantitative estimate of drug-likeness (QED) is 0.409. The summed E-state index contributed by atoms with van der Waals surface area (Å²) in [5.41, 5.74) is 2.99. The molecule has 0 spiro atoms. The molecule has 0 bridgehead atoms. The second-order valence-electron chi connectivity index (χ2n) is 7.17. The zero-order valence-electron chi connectivity index (χ0n) is 17.2. The number of nitrogens with one attached hydrogen (secondary N) is 3. The Hall–Kier alpha value is -3.65. The minimum atomic E-state index is -0.186. The summed E-state index contributed by atoms with van der Waals surface area (Å²) in [5.74, 6) is 0.827. The van der Waals surface area contributed by atoms with Gasteiger partial charge in [-0.2, -0.15) is 5.10 Å². The fourth-order valence-corrected chi connectivity index (χ4v) is 4.18. The van der Waals surface area contributed by atoms with Crippen LogP contribution in [0.1, 0.15) is 26.4 Å². The van der Waals surface area contributed by atoms with Crippen molar-refractivity contribution < 1.29 is 14.3 Å². The number of benzene rings is 2. The molecule has 7 nitrogen and oxygen atoms in total. The van der Waals surface area contributed by atoms with E-state index in [9.17, 15) is 9.59 Å². The van der Waals surface area contributed by atoms with Gasteiger partial charge in [-0.25, -0.2) is 0 Å². The molecule has 4 rings (SSSR count). The van der Waals surface area contributed by atoms with Gasteiger partial charge in [-0.15, -0.1) is 11.3 Å². The molecule has 0 unspecified atom stereocenters. The Kier molecular flexibility index (Phi) is 5.99. The fourth-order valence-electron chi connectivity index (χ4n) is 3.26. The van der Waals surface area contributed by atoms with Crippen LogP contribution in [0.25, 0.3) is 10.2 Å². The Labute approximate surface area is 183 Å². The van der Waals surface area contributed by atoms with Crippen molar-refractivity contribution in [3.63, 3.8) is 0 Å². The number of hydrogen-bond donors (Lipinski definition) is 3. The second-order valence-corrected chi connectivity index (χ2v) is 8.23. The van der Waals surface area contributed by atoms with Crippen LogP contribution in [-0.2, 0) is 17.8 Å². The van der Waals surface area contributed by atoms with Crippen LogP contribution in [0.2, 0.25) is 0 Å². The van der Waals surface area contributed by atoms with Crippen molar-refractivity contribution >= 4 is 39.2 Å². The van der Waals surface area contributed by atoms with Crippen molar-refractivity contribution in [3.8, 4) is 5.75 Å². The number of thiophene rings is 1. The predicted molar refractivity (Wildman–Crippen MR) is 122 cm³/mol. The molecule has 0 aliphatic rings. The van der Waals surface area contributed by atoms with Gasteiger partial charge in [0, 0.05) is 6.54 Å². The zero-order valence-corrected chi connectivity index (χ0v) is 18.0. The number of fused-ring (bicyclic) bond motifs is 1. The number of aromatic nitrogens is 2. The molecule has 0 radical (unpaired) electrons. The number of nitrogens with zero attached hydrogens (tertiary/aromatic N) is 1. The van der Waals surface area contributed by atoms with Gasteiger partial charge in [-0.1, -0.05) is 42.0 Å². The van der Waals surface area contributed by atoms with Crippen LogP contribution in [0, 0.1) is 6.92 Å². The zero-order chi connectivity index (χ0) is 21.8. The number of carbonyl (C=O) groups excluding carboxylic acids is 2. The summed E-state index contributed by atoms with van der Waals surface area (Å²) in [7, 11) is 1.61.